The van der Waals surface area contributed by atoms with Crippen LogP contribution in [-0.4, -0.2) is 14.2 Å². The van der Waals surface area contributed by atoms with Crippen molar-refractivity contribution >= 4 is 31.5 Å². The molecule has 78 valence electrons. The average molecular weight is 278 g/mol. The van der Waals surface area contributed by atoms with E-state index in [1.165, 1.54) is 0 Å². The van der Waals surface area contributed by atoms with Crippen molar-refractivity contribution in [1.82, 2.24) is 0 Å². The Bertz CT molecular complexity index is 428. The number of anilines is 1. The number of sulfone groups is 1. The minimum absolute atomic E-state index is 0.0368. The smallest absolute Gasteiger partial charge is 0.154 e. The molecule has 1 rings (SSSR count). The van der Waals surface area contributed by atoms with Crippen molar-refractivity contribution in [1.29, 1.82) is 0 Å². The Labute approximate surface area is 92.4 Å². The molecule has 1 aromatic carbocycles. The molecule has 0 aliphatic carbocycles. The van der Waals surface area contributed by atoms with Gasteiger partial charge in [0.05, 0.1) is 5.75 Å². The summed E-state index contributed by atoms with van der Waals surface area (Å²) in [5.74, 6) is 0.184. The van der Waals surface area contributed by atoms with Gasteiger partial charge in [0, 0.05) is 15.9 Å². The van der Waals surface area contributed by atoms with Crippen molar-refractivity contribution in [2.75, 3.05) is 11.5 Å². The van der Waals surface area contributed by atoms with Gasteiger partial charge in [-0.05, 0) is 27.6 Å². The molecule has 0 heterocycles. The zero-order chi connectivity index (χ0) is 10.8. The molecule has 0 aliphatic rings. The molecule has 0 atom stereocenters. The van der Waals surface area contributed by atoms with Crippen LogP contribution in [-0.2, 0) is 15.6 Å². The third-order valence-electron chi connectivity index (χ3n) is 1.92. The Hall–Kier alpha value is -0.550. The molecule has 1 aromatic rings. The molecular weight excluding hydrogens is 266 g/mol. The molecule has 0 fully saturated rings. The first kappa shape index (κ1) is 11.5. The predicted octanol–water partition coefficient (Wildman–Crippen LogP) is 1.97. The number of benzene rings is 1. The maximum absolute atomic E-state index is 11.4. The van der Waals surface area contributed by atoms with E-state index in [2.05, 4.69) is 15.9 Å². The van der Waals surface area contributed by atoms with E-state index in [4.69, 9.17) is 5.73 Å². The Morgan fingerprint density at radius 1 is 1.43 bits per heavy atom. The Balaban J connectivity index is 3.05. The van der Waals surface area contributed by atoms with E-state index in [1.807, 2.05) is 0 Å². The second-order valence-electron chi connectivity index (χ2n) is 3.00. The van der Waals surface area contributed by atoms with Gasteiger partial charge in [-0.2, -0.15) is 0 Å². The number of halogens is 1. The van der Waals surface area contributed by atoms with E-state index in [-0.39, 0.29) is 11.5 Å². The summed E-state index contributed by atoms with van der Waals surface area (Å²) in [7, 11) is -3.00. The van der Waals surface area contributed by atoms with Crippen molar-refractivity contribution in [3.63, 3.8) is 0 Å². The van der Waals surface area contributed by atoms with Crippen LogP contribution in [0.2, 0.25) is 0 Å². The highest BCUT2D eigenvalue weighted by molar-refractivity contribution is 9.10. The van der Waals surface area contributed by atoms with Gasteiger partial charge in [-0.15, -0.1) is 0 Å². The lowest BCUT2D eigenvalue weighted by Gasteiger charge is -2.06. The molecule has 0 aliphatic heterocycles. The van der Waals surface area contributed by atoms with Crippen LogP contribution in [0.5, 0.6) is 0 Å². The number of hydrogen-bond donors (Lipinski definition) is 1. The van der Waals surface area contributed by atoms with Crippen LogP contribution < -0.4 is 5.73 Å². The Morgan fingerprint density at radius 2 is 2.07 bits per heavy atom. The van der Waals surface area contributed by atoms with E-state index in [9.17, 15) is 8.42 Å². The van der Waals surface area contributed by atoms with Crippen molar-refractivity contribution in [3.05, 3.63) is 28.2 Å². The van der Waals surface area contributed by atoms with Gasteiger partial charge < -0.3 is 5.73 Å². The minimum atomic E-state index is -3.00. The molecule has 0 radical (unpaired) electrons. The van der Waals surface area contributed by atoms with Gasteiger partial charge in [-0.25, -0.2) is 8.42 Å². The van der Waals surface area contributed by atoms with Crippen LogP contribution in [0.4, 0.5) is 5.69 Å². The van der Waals surface area contributed by atoms with Gasteiger partial charge >= 0.3 is 0 Å². The molecule has 0 saturated carbocycles. The Morgan fingerprint density at radius 3 is 2.64 bits per heavy atom. The third-order valence-corrected chi connectivity index (χ3v) is 4.52. The summed E-state index contributed by atoms with van der Waals surface area (Å²) in [4.78, 5) is 0. The topological polar surface area (TPSA) is 60.2 Å². The quantitative estimate of drug-likeness (QED) is 0.860. The lowest BCUT2D eigenvalue weighted by Crippen LogP contribution is -2.07. The van der Waals surface area contributed by atoms with Crippen LogP contribution in [0.15, 0.2) is 22.7 Å². The average Bonchev–Trinajstić information content (AvgIpc) is 2.13. The zero-order valence-electron chi connectivity index (χ0n) is 7.83. The van der Waals surface area contributed by atoms with Crippen molar-refractivity contribution in [2.45, 2.75) is 12.7 Å². The second kappa shape index (κ2) is 4.31. The first-order valence-corrected chi connectivity index (χ1v) is 6.81. The largest absolute Gasteiger partial charge is 0.398 e. The van der Waals surface area contributed by atoms with E-state index < -0.39 is 9.84 Å². The van der Waals surface area contributed by atoms with Crippen LogP contribution in [0, 0.1) is 0 Å². The molecule has 5 heteroatoms. The number of hydrogen-bond acceptors (Lipinski definition) is 3. The maximum atomic E-state index is 11.4. The highest BCUT2D eigenvalue weighted by Crippen LogP contribution is 2.25. The lowest BCUT2D eigenvalue weighted by molar-refractivity contribution is 0.596. The second-order valence-corrected chi connectivity index (χ2v) is 6.14. The summed E-state index contributed by atoms with van der Waals surface area (Å²) in [6.07, 6.45) is 0. The number of nitrogens with two attached hydrogens (primary N) is 1. The fraction of sp³-hybridized carbons (Fsp3) is 0.333. The van der Waals surface area contributed by atoms with E-state index >= 15 is 0 Å². The summed E-state index contributed by atoms with van der Waals surface area (Å²) in [6.45, 7) is 1.63. The van der Waals surface area contributed by atoms with E-state index in [0.717, 1.165) is 0 Å². The maximum Gasteiger partial charge on any atom is 0.154 e. The molecule has 14 heavy (non-hydrogen) atoms. The lowest BCUT2D eigenvalue weighted by atomic mass is 10.2. The number of nitrogen functional groups attached to an aromatic ring is 1. The summed E-state index contributed by atoms with van der Waals surface area (Å²) in [5.41, 5.74) is 6.92. The number of rotatable bonds is 3. The summed E-state index contributed by atoms with van der Waals surface area (Å²) in [5, 5.41) is 0. The first-order valence-electron chi connectivity index (χ1n) is 4.19. The van der Waals surface area contributed by atoms with Crippen molar-refractivity contribution in [2.24, 2.45) is 0 Å². The fourth-order valence-electron chi connectivity index (χ4n) is 1.05. The SMILES string of the molecule is CCS(=O)(=O)Cc1cccc(N)c1Br. The first-order chi connectivity index (χ1) is 6.46. The molecule has 3 nitrogen and oxygen atoms in total. The molecule has 0 aromatic heterocycles. The van der Waals surface area contributed by atoms with Gasteiger partial charge in [-0.3, -0.25) is 0 Å². The van der Waals surface area contributed by atoms with Crippen LogP contribution in [0.25, 0.3) is 0 Å². The van der Waals surface area contributed by atoms with E-state index in [1.54, 1.807) is 25.1 Å². The summed E-state index contributed by atoms with van der Waals surface area (Å²) < 4.78 is 23.4. The van der Waals surface area contributed by atoms with Gasteiger partial charge in [0.1, 0.15) is 0 Å². The van der Waals surface area contributed by atoms with Crippen molar-refractivity contribution < 1.29 is 8.42 Å². The standard InChI is InChI=1S/C9H12BrNO2S/c1-2-14(12,13)6-7-4-3-5-8(11)9(7)10/h3-5H,2,6,11H2,1H3. The summed E-state index contributed by atoms with van der Waals surface area (Å²) >= 11 is 3.27. The van der Waals surface area contributed by atoms with Crippen LogP contribution in [0.3, 0.4) is 0 Å². The fourth-order valence-corrected chi connectivity index (χ4v) is 2.56. The predicted molar refractivity (Wildman–Crippen MR) is 61.7 cm³/mol. The molecule has 0 spiro atoms. The summed E-state index contributed by atoms with van der Waals surface area (Å²) in [6, 6.07) is 5.24. The van der Waals surface area contributed by atoms with E-state index in [0.29, 0.717) is 15.7 Å². The highest BCUT2D eigenvalue weighted by Gasteiger charge is 2.12. The Kier molecular flexibility index (Phi) is 3.55. The van der Waals surface area contributed by atoms with Gasteiger partial charge in [0.25, 0.3) is 0 Å². The normalized spacial score (nSPS) is 11.6. The van der Waals surface area contributed by atoms with Gasteiger partial charge in [0.15, 0.2) is 9.84 Å². The van der Waals surface area contributed by atoms with Gasteiger partial charge in [0.2, 0.25) is 0 Å². The van der Waals surface area contributed by atoms with Crippen molar-refractivity contribution in [3.8, 4) is 0 Å². The van der Waals surface area contributed by atoms with Crippen LogP contribution >= 0.6 is 15.9 Å². The monoisotopic (exact) mass is 277 g/mol. The zero-order valence-corrected chi connectivity index (χ0v) is 10.2. The highest BCUT2D eigenvalue weighted by atomic mass is 79.9. The molecular formula is C9H12BrNO2S. The molecule has 0 saturated heterocycles. The molecule has 0 bridgehead atoms. The van der Waals surface area contributed by atoms with Crippen LogP contribution in [0.1, 0.15) is 12.5 Å². The third kappa shape index (κ3) is 2.72. The molecule has 2 N–H and O–H groups in total. The minimum Gasteiger partial charge on any atom is -0.398 e. The molecule has 0 unspecified atom stereocenters. The molecule has 0 amide bonds. The van der Waals surface area contributed by atoms with Gasteiger partial charge in [-0.1, -0.05) is 19.1 Å².